The van der Waals surface area contributed by atoms with Gasteiger partial charge in [-0.15, -0.1) is 12.4 Å². The molecule has 0 radical (unpaired) electrons. The van der Waals surface area contributed by atoms with Crippen LogP contribution in [0.15, 0.2) is 22.2 Å². The Hall–Kier alpha value is -1.33. The van der Waals surface area contributed by atoms with Gasteiger partial charge in [-0.05, 0) is 19.9 Å². The molecule has 0 saturated carbocycles. The highest BCUT2D eigenvalue weighted by atomic mass is 35.5. The van der Waals surface area contributed by atoms with Gasteiger partial charge >= 0.3 is 0 Å². The van der Waals surface area contributed by atoms with Crippen molar-refractivity contribution in [3.8, 4) is 0 Å². The summed E-state index contributed by atoms with van der Waals surface area (Å²) in [7, 11) is 0. The number of nitrogens with one attached hydrogen (secondary N) is 2. The van der Waals surface area contributed by atoms with Gasteiger partial charge in [0.25, 0.3) is 5.91 Å². The lowest BCUT2D eigenvalue weighted by molar-refractivity contribution is 0.0920. The SMILES string of the molecule is Cc1cc(C(=O)NCC2=CCNCC2)on1.Cl. The van der Waals surface area contributed by atoms with Gasteiger partial charge in [0.2, 0.25) is 5.76 Å². The van der Waals surface area contributed by atoms with Gasteiger partial charge in [0, 0.05) is 19.2 Å². The molecule has 17 heavy (non-hydrogen) atoms. The lowest BCUT2D eigenvalue weighted by Gasteiger charge is -2.13. The summed E-state index contributed by atoms with van der Waals surface area (Å²) in [6.07, 6.45) is 3.09. The molecule has 2 rings (SSSR count). The molecule has 1 aromatic heterocycles. The Morgan fingerprint density at radius 1 is 1.65 bits per heavy atom. The minimum Gasteiger partial charge on any atom is -0.351 e. The quantitative estimate of drug-likeness (QED) is 0.795. The smallest absolute Gasteiger partial charge is 0.290 e. The predicted molar refractivity (Wildman–Crippen MR) is 66.4 cm³/mol. The van der Waals surface area contributed by atoms with Crippen LogP contribution in [0.3, 0.4) is 0 Å². The van der Waals surface area contributed by atoms with Crippen molar-refractivity contribution >= 4 is 18.3 Å². The Morgan fingerprint density at radius 3 is 3.06 bits per heavy atom. The molecule has 1 amide bonds. The maximum atomic E-state index is 11.6. The van der Waals surface area contributed by atoms with Gasteiger partial charge in [0.05, 0.1) is 5.69 Å². The number of amides is 1. The van der Waals surface area contributed by atoms with E-state index in [0.29, 0.717) is 12.2 Å². The first-order valence-electron chi connectivity index (χ1n) is 5.36. The maximum Gasteiger partial charge on any atom is 0.290 e. The molecular formula is C11H16ClN3O2. The molecule has 0 unspecified atom stereocenters. The Bertz CT molecular complexity index is 415. The second-order valence-electron chi connectivity index (χ2n) is 3.83. The van der Waals surface area contributed by atoms with Crippen LogP contribution in [0.4, 0.5) is 0 Å². The van der Waals surface area contributed by atoms with E-state index in [1.54, 1.807) is 13.0 Å². The summed E-state index contributed by atoms with van der Waals surface area (Å²) in [5.74, 6) is 0.0621. The predicted octanol–water partition coefficient (Wildman–Crippen LogP) is 1.05. The van der Waals surface area contributed by atoms with Gasteiger partial charge in [0.15, 0.2) is 0 Å². The minimum atomic E-state index is -0.208. The third kappa shape index (κ3) is 3.87. The molecule has 1 aliphatic heterocycles. The van der Waals surface area contributed by atoms with Crippen molar-refractivity contribution in [3.63, 3.8) is 0 Å². The van der Waals surface area contributed by atoms with Crippen LogP contribution in [0.2, 0.25) is 0 Å². The summed E-state index contributed by atoms with van der Waals surface area (Å²) in [5.41, 5.74) is 1.97. The molecule has 1 aromatic rings. The number of carbonyl (C=O) groups is 1. The van der Waals surface area contributed by atoms with Crippen LogP contribution in [0, 0.1) is 6.92 Å². The summed E-state index contributed by atoms with van der Waals surface area (Å²) in [5, 5.41) is 9.71. The lowest BCUT2D eigenvalue weighted by Crippen LogP contribution is -2.29. The van der Waals surface area contributed by atoms with Crippen molar-refractivity contribution in [3.05, 3.63) is 29.2 Å². The van der Waals surface area contributed by atoms with Crippen molar-refractivity contribution < 1.29 is 9.32 Å². The molecule has 2 heterocycles. The van der Waals surface area contributed by atoms with E-state index in [4.69, 9.17) is 4.52 Å². The molecule has 0 fully saturated rings. The molecule has 94 valence electrons. The van der Waals surface area contributed by atoms with Crippen LogP contribution in [0.25, 0.3) is 0 Å². The van der Waals surface area contributed by atoms with Crippen molar-refractivity contribution in [2.75, 3.05) is 19.6 Å². The summed E-state index contributed by atoms with van der Waals surface area (Å²) < 4.78 is 4.87. The normalized spacial score (nSPS) is 14.8. The third-order valence-electron chi connectivity index (χ3n) is 2.49. The first-order valence-corrected chi connectivity index (χ1v) is 5.36. The fourth-order valence-corrected chi connectivity index (χ4v) is 1.58. The zero-order chi connectivity index (χ0) is 11.4. The van der Waals surface area contributed by atoms with Gasteiger partial charge < -0.3 is 15.2 Å². The Morgan fingerprint density at radius 2 is 2.47 bits per heavy atom. The van der Waals surface area contributed by atoms with Crippen LogP contribution in [-0.4, -0.2) is 30.7 Å². The van der Waals surface area contributed by atoms with E-state index < -0.39 is 0 Å². The highest BCUT2D eigenvalue weighted by Gasteiger charge is 2.11. The standard InChI is InChI=1S/C11H15N3O2.ClH/c1-8-6-10(16-14-8)11(15)13-7-9-2-4-12-5-3-9;/h2,6,12H,3-5,7H2,1H3,(H,13,15);1H. The van der Waals surface area contributed by atoms with Gasteiger partial charge in [-0.3, -0.25) is 4.79 Å². The molecule has 6 heteroatoms. The number of halogens is 1. The van der Waals surface area contributed by atoms with Crippen molar-refractivity contribution in [1.82, 2.24) is 15.8 Å². The highest BCUT2D eigenvalue weighted by Crippen LogP contribution is 2.04. The fraction of sp³-hybridized carbons (Fsp3) is 0.455. The van der Waals surface area contributed by atoms with E-state index >= 15 is 0 Å². The number of hydrogen-bond donors (Lipinski definition) is 2. The molecule has 0 aliphatic carbocycles. The summed E-state index contributed by atoms with van der Waals surface area (Å²) >= 11 is 0. The Labute approximate surface area is 106 Å². The van der Waals surface area contributed by atoms with Gasteiger partial charge in [-0.25, -0.2) is 0 Å². The zero-order valence-electron chi connectivity index (χ0n) is 9.66. The molecule has 0 aromatic carbocycles. The Balaban J connectivity index is 0.00000144. The van der Waals surface area contributed by atoms with Crippen LogP contribution < -0.4 is 10.6 Å². The number of hydrogen-bond acceptors (Lipinski definition) is 4. The molecule has 0 atom stereocenters. The summed E-state index contributed by atoms with van der Waals surface area (Å²) in [6, 6.07) is 1.63. The molecule has 0 bridgehead atoms. The molecule has 0 spiro atoms. The topological polar surface area (TPSA) is 67.2 Å². The van der Waals surface area contributed by atoms with E-state index in [2.05, 4.69) is 21.9 Å². The van der Waals surface area contributed by atoms with Gasteiger partial charge in [-0.2, -0.15) is 0 Å². The average Bonchev–Trinajstić information content (AvgIpc) is 2.74. The third-order valence-corrected chi connectivity index (χ3v) is 2.49. The summed E-state index contributed by atoms with van der Waals surface area (Å²) in [4.78, 5) is 11.6. The van der Waals surface area contributed by atoms with Gasteiger partial charge in [-0.1, -0.05) is 16.8 Å². The van der Waals surface area contributed by atoms with Crippen LogP contribution in [-0.2, 0) is 0 Å². The van der Waals surface area contributed by atoms with Gasteiger partial charge in [0.1, 0.15) is 0 Å². The number of carbonyl (C=O) groups excluding carboxylic acids is 1. The number of aryl methyl sites for hydroxylation is 1. The highest BCUT2D eigenvalue weighted by molar-refractivity contribution is 5.91. The molecule has 5 nitrogen and oxygen atoms in total. The first-order chi connectivity index (χ1) is 7.75. The average molecular weight is 258 g/mol. The monoisotopic (exact) mass is 257 g/mol. The molecule has 0 saturated heterocycles. The van der Waals surface area contributed by atoms with Crippen LogP contribution in [0.5, 0.6) is 0 Å². The second-order valence-corrected chi connectivity index (χ2v) is 3.83. The lowest BCUT2D eigenvalue weighted by atomic mass is 10.1. The molecular weight excluding hydrogens is 242 g/mol. The number of nitrogens with zero attached hydrogens (tertiary/aromatic N) is 1. The van der Waals surface area contributed by atoms with E-state index in [1.165, 1.54) is 5.57 Å². The fourth-order valence-electron chi connectivity index (χ4n) is 1.58. The van der Waals surface area contributed by atoms with Crippen molar-refractivity contribution in [2.24, 2.45) is 0 Å². The Kier molecular flexibility index (Phi) is 5.18. The molecule has 2 N–H and O–H groups in total. The van der Waals surface area contributed by atoms with Crippen molar-refractivity contribution in [1.29, 1.82) is 0 Å². The van der Waals surface area contributed by atoms with E-state index in [-0.39, 0.29) is 24.1 Å². The first kappa shape index (κ1) is 13.7. The maximum absolute atomic E-state index is 11.6. The zero-order valence-corrected chi connectivity index (χ0v) is 10.5. The number of aromatic nitrogens is 1. The van der Waals surface area contributed by atoms with Crippen LogP contribution in [0.1, 0.15) is 22.7 Å². The van der Waals surface area contributed by atoms with E-state index in [0.717, 1.165) is 19.5 Å². The summed E-state index contributed by atoms with van der Waals surface area (Å²) in [6.45, 7) is 4.23. The van der Waals surface area contributed by atoms with Crippen molar-refractivity contribution in [2.45, 2.75) is 13.3 Å². The molecule has 1 aliphatic rings. The van der Waals surface area contributed by atoms with E-state index in [1.807, 2.05) is 0 Å². The largest absolute Gasteiger partial charge is 0.351 e. The van der Waals surface area contributed by atoms with E-state index in [9.17, 15) is 4.79 Å². The van der Waals surface area contributed by atoms with Crippen LogP contribution >= 0.6 is 12.4 Å². The number of rotatable bonds is 3. The minimum absolute atomic E-state index is 0. The second kappa shape index (κ2) is 6.42.